The van der Waals surface area contributed by atoms with Gasteiger partial charge in [-0.3, -0.25) is 0 Å². The average molecular weight is 223 g/mol. The number of hydrogen-bond acceptors (Lipinski definition) is 1. The van der Waals surface area contributed by atoms with Gasteiger partial charge in [0.05, 0.1) is 0 Å². The fourth-order valence-corrected chi connectivity index (χ4v) is 1.52. The fourth-order valence-electron chi connectivity index (χ4n) is 1.52. The summed E-state index contributed by atoms with van der Waals surface area (Å²) in [6, 6.07) is 3.23. The smallest absolute Gasteiger partial charge is 0.128 e. The van der Waals surface area contributed by atoms with E-state index in [-0.39, 0.29) is 6.04 Å². The third kappa shape index (κ3) is 3.32. The minimum atomic E-state index is -0.427. The first kappa shape index (κ1) is 12.7. The Kier molecular flexibility index (Phi) is 4.94. The van der Waals surface area contributed by atoms with Crippen molar-refractivity contribution in [1.29, 1.82) is 0 Å². The fraction of sp³-hybridized carbons (Fsp3) is 0.385. The van der Waals surface area contributed by atoms with Gasteiger partial charge in [-0.1, -0.05) is 6.92 Å². The van der Waals surface area contributed by atoms with Gasteiger partial charge in [0.25, 0.3) is 0 Å². The van der Waals surface area contributed by atoms with Crippen LogP contribution in [0, 0.1) is 23.5 Å². The predicted octanol–water partition coefficient (Wildman–Crippen LogP) is 3.03. The Morgan fingerprint density at radius 2 is 2.12 bits per heavy atom. The molecule has 1 N–H and O–H groups in total. The summed E-state index contributed by atoms with van der Waals surface area (Å²) in [5, 5.41) is 3.09. The minimum Gasteiger partial charge on any atom is -0.309 e. The normalized spacial score (nSPS) is 11.8. The number of benzene rings is 1. The highest BCUT2D eigenvalue weighted by Crippen LogP contribution is 2.20. The van der Waals surface area contributed by atoms with Crippen LogP contribution in [0.1, 0.15) is 31.9 Å². The molecule has 0 aliphatic heterocycles. The lowest BCUT2D eigenvalue weighted by atomic mass is 10.0. The Balaban J connectivity index is 2.97. The molecule has 0 aliphatic carbocycles. The van der Waals surface area contributed by atoms with Crippen LogP contribution in [0.4, 0.5) is 8.78 Å². The summed E-state index contributed by atoms with van der Waals surface area (Å²) in [4.78, 5) is 0. The molecule has 3 heteroatoms. The van der Waals surface area contributed by atoms with Gasteiger partial charge in [0.15, 0.2) is 0 Å². The van der Waals surface area contributed by atoms with Crippen LogP contribution in [0.15, 0.2) is 18.2 Å². The van der Waals surface area contributed by atoms with E-state index < -0.39 is 11.6 Å². The SMILES string of the molecule is CC#CCC(NCC)c1cc(F)ccc1F. The molecule has 16 heavy (non-hydrogen) atoms. The Morgan fingerprint density at radius 3 is 2.75 bits per heavy atom. The van der Waals surface area contributed by atoms with Crippen molar-refractivity contribution in [2.45, 2.75) is 26.3 Å². The van der Waals surface area contributed by atoms with E-state index in [1.54, 1.807) is 6.92 Å². The van der Waals surface area contributed by atoms with Gasteiger partial charge in [-0.05, 0) is 31.7 Å². The highest BCUT2D eigenvalue weighted by molar-refractivity contribution is 5.23. The topological polar surface area (TPSA) is 12.0 Å². The Morgan fingerprint density at radius 1 is 1.38 bits per heavy atom. The van der Waals surface area contributed by atoms with Crippen molar-refractivity contribution in [2.24, 2.45) is 0 Å². The highest BCUT2D eigenvalue weighted by atomic mass is 19.1. The molecule has 0 saturated heterocycles. The molecule has 1 aromatic carbocycles. The largest absolute Gasteiger partial charge is 0.309 e. The van der Waals surface area contributed by atoms with E-state index in [1.807, 2.05) is 6.92 Å². The van der Waals surface area contributed by atoms with Gasteiger partial charge in [-0.15, -0.1) is 11.8 Å². The van der Waals surface area contributed by atoms with Gasteiger partial charge >= 0.3 is 0 Å². The molecule has 1 unspecified atom stereocenters. The lowest BCUT2D eigenvalue weighted by molar-refractivity contribution is 0.511. The van der Waals surface area contributed by atoms with Crippen LogP contribution in [0.5, 0.6) is 0 Å². The maximum atomic E-state index is 13.5. The molecule has 1 aromatic rings. The maximum absolute atomic E-state index is 13.5. The molecule has 0 radical (unpaired) electrons. The van der Waals surface area contributed by atoms with Gasteiger partial charge < -0.3 is 5.32 Å². The third-order valence-electron chi connectivity index (χ3n) is 2.27. The van der Waals surface area contributed by atoms with Crippen LogP contribution in [-0.4, -0.2) is 6.54 Å². The zero-order valence-electron chi connectivity index (χ0n) is 9.48. The van der Waals surface area contributed by atoms with Crippen molar-refractivity contribution in [3.8, 4) is 11.8 Å². The molecule has 86 valence electrons. The van der Waals surface area contributed by atoms with E-state index in [2.05, 4.69) is 17.2 Å². The third-order valence-corrected chi connectivity index (χ3v) is 2.27. The van der Waals surface area contributed by atoms with Crippen molar-refractivity contribution < 1.29 is 8.78 Å². The first-order valence-corrected chi connectivity index (χ1v) is 5.27. The Labute approximate surface area is 94.9 Å². The highest BCUT2D eigenvalue weighted by Gasteiger charge is 2.14. The molecule has 0 bridgehead atoms. The van der Waals surface area contributed by atoms with E-state index in [9.17, 15) is 8.78 Å². The standard InChI is InChI=1S/C13H15F2N/c1-3-5-6-13(16-4-2)11-9-10(14)7-8-12(11)15/h7-9,13,16H,4,6H2,1-2H3. The molecule has 1 nitrogen and oxygen atoms in total. The van der Waals surface area contributed by atoms with Crippen LogP contribution in [0.2, 0.25) is 0 Å². The quantitative estimate of drug-likeness (QED) is 0.774. The second kappa shape index (κ2) is 6.24. The van der Waals surface area contributed by atoms with E-state index in [4.69, 9.17) is 0 Å². The minimum absolute atomic E-state index is 0.256. The summed E-state index contributed by atoms with van der Waals surface area (Å²) in [6.07, 6.45) is 0.477. The van der Waals surface area contributed by atoms with E-state index in [0.29, 0.717) is 18.5 Å². The Hall–Kier alpha value is -1.40. The van der Waals surface area contributed by atoms with Crippen molar-refractivity contribution in [3.63, 3.8) is 0 Å². The van der Waals surface area contributed by atoms with Crippen LogP contribution >= 0.6 is 0 Å². The van der Waals surface area contributed by atoms with Crippen molar-refractivity contribution >= 4 is 0 Å². The van der Waals surface area contributed by atoms with Crippen LogP contribution in [0.3, 0.4) is 0 Å². The molecule has 0 saturated carbocycles. The van der Waals surface area contributed by atoms with Crippen LogP contribution in [0.25, 0.3) is 0 Å². The summed E-state index contributed by atoms with van der Waals surface area (Å²) >= 11 is 0. The molecule has 1 atom stereocenters. The van der Waals surface area contributed by atoms with Gasteiger partial charge in [0.1, 0.15) is 11.6 Å². The van der Waals surface area contributed by atoms with Gasteiger partial charge in [-0.25, -0.2) is 8.78 Å². The lowest BCUT2D eigenvalue weighted by Crippen LogP contribution is -2.21. The molecule has 0 spiro atoms. The molecule has 0 aromatic heterocycles. The number of rotatable bonds is 4. The Bertz CT molecular complexity index is 404. The van der Waals surface area contributed by atoms with Gasteiger partial charge in [0.2, 0.25) is 0 Å². The van der Waals surface area contributed by atoms with Crippen molar-refractivity contribution in [1.82, 2.24) is 5.32 Å². The van der Waals surface area contributed by atoms with E-state index in [1.165, 1.54) is 6.07 Å². The number of halogens is 2. The van der Waals surface area contributed by atoms with Crippen LogP contribution in [-0.2, 0) is 0 Å². The summed E-state index contributed by atoms with van der Waals surface area (Å²) in [5.74, 6) is 4.81. The molecule has 0 heterocycles. The lowest BCUT2D eigenvalue weighted by Gasteiger charge is -2.16. The number of hydrogen-bond donors (Lipinski definition) is 1. The zero-order chi connectivity index (χ0) is 12.0. The molecule has 0 amide bonds. The van der Waals surface area contributed by atoms with Gasteiger partial charge in [0, 0.05) is 18.0 Å². The summed E-state index contributed by atoms with van der Waals surface area (Å²) < 4.78 is 26.6. The van der Waals surface area contributed by atoms with Crippen LogP contribution < -0.4 is 5.32 Å². The van der Waals surface area contributed by atoms with E-state index in [0.717, 1.165) is 12.1 Å². The second-order valence-electron chi connectivity index (χ2n) is 3.41. The molecule has 1 rings (SSSR count). The summed E-state index contributed by atoms with van der Waals surface area (Å²) in [5.41, 5.74) is 0.338. The summed E-state index contributed by atoms with van der Waals surface area (Å²) in [7, 11) is 0. The molecule has 0 aliphatic rings. The predicted molar refractivity (Wildman–Crippen MR) is 60.8 cm³/mol. The second-order valence-corrected chi connectivity index (χ2v) is 3.41. The van der Waals surface area contributed by atoms with Crippen molar-refractivity contribution in [3.05, 3.63) is 35.4 Å². The summed E-state index contributed by atoms with van der Waals surface area (Å²) in [6.45, 7) is 4.33. The average Bonchev–Trinajstić information content (AvgIpc) is 2.28. The van der Waals surface area contributed by atoms with Crippen molar-refractivity contribution in [2.75, 3.05) is 6.54 Å². The molecular formula is C13H15F2N. The van der Waals surface area contributed by atoms with Gasteiger partial charge in [-0.2, -0.15) is 0 Å². The first-order chi connectivity index (χ1) is 7.69. The molecular weight excluding hydrogens is 208 g/mol. The van der Waals surface area contributed by atoms with E-state index >= 15 is 0 Å². The molecule has 0 fully saturated rings. The monoisotopic (exact) mass is 223 g/mol. The number of nitrogens with one attached hydrogen (secondary N) is 1. The first-order valence-electron chi connectivity index (χ1n) is 5.27. The maximum Gasteiger partial charge on any atom is 0.128 e. The zero-order valence-corrected chi connectivity index (χ0v) is 9.48.